The average Bonchev–Trinajstić information content (AvgIpc) is 2.75. The second-order valence-electron chi connectivity index (χ2n) is 6.03. The molecule has 0 saturated carbocycles. The third-order valence-electron chi connectivity index (χ3n) is 3.62. The number of hydrogen-bond acceptors (Lipinski definition) is 5. The molecule has 25 heavy (non-hydrogen) atoms. The van der Waals surface area contributed by atoms with Crippen molar-refractivity contribution in [2.75, 3.05) is 13.2 Å². The van der Waals surface area contributed by atoms with Crippen LogP contribution in [0.2, 0.25) is 0 Å². The number of amides is 4. The van der Waals surface area contributed by atoms with E-state index in [9.17, 15) is 14.4 Å². The molecule has 1 aliphatic heterocycles. The standard InChI is InChI=1S/C17H22N4O4/c1-4-25-13-8-6-5-7-12(13)11-18-20-14(22)9-10-21-15(23)17(2,3)19-16(21)24/h5-8,11H,4,9-10H2,1-3H3,(H,19,24)(H,20,22)/b18-11-. The lowest BCUT2D eigenvalue weighted by atomic mass is 10.1. The zero-order valence-electron chi connectivity index (χ0n) is 14.5. The van der Waals surface area contributed by atoms with Crippen LogP contribution in [0.15, 0.2) is 29.4 Å². The normalized spacial score (nSPS) is 16.2. The van der Waals surface area contributed by atoms with E-state index in [1.807, 2.05) is 31.2 Å². The van der Waals surface area contributed by atoms with E-state index in [2.05, 4.69) is 15.8 Å². The number of imide groups is 1. The van der Waals surface area contributed by atoms with Crippen molar-refractivity contribution in [3.8, 4) is 5.75 Å². The number of nitrogens with one attached hydrogen (secondary N) is 2. The number of nitrogens with zero attached hydrogens (tertiary/aromatic N) is 2. The van der Waals surface area contributed by atoms with Gasteiger partial charge < -0.3 is 10.1 Å². The fourth-order valence-corrected chi connectivity index (χ4v) is 2.34. The van der Waals surface area contributed by atoms with Gasteiger partial charge in [-0.1, -0.05) is 12.1 Å². The Bertz CT molecular complexity index is 700. The fraction of sp³-hybridized carbons (Fsp3) is 0.412. The summed E-state index contributed by atoms with van der Waals surface area (Å²) in [7, 11) is 0. The molecule has 0 spiro atoms. The molecule has 0 bridgehead atoms. The number of hydrogen-bond donors (Lipinski definition) is 2. The molecule has 1 aromatic carbocycles. The van der Waals surface area contributed by atoms with Gasteiger partial charge in [0.2, 0.25) is 5.91 Å². The molecule has 1 aromatic rings. The minimum atomic E-state index is -0.936. The molecule has 2 N–H and O–H groups in total. The van der Waals surface area contributed by atoms with Gasteiger partial charge in [0.1, 0.15) is 11.3 Å². The first kappa shape index (κ1) is 18.4. The van der Waals surface area contributed by atoms with Crippen molar-refractivity contribution in [1.82, 2.24) is 15.6 Å². The molecule has 1 heterocycles. The summed E-state index contributed by atoms with van der Waals surface area (Å²) in [5.74, 6) is -0.0699. The quantitative estimate of drug-likeness (QED) is 0.441. The summed E-state index contributed by atoms with van der Waals surface area (Å²) in [6, 6.07) is 6.82. The van der Waals surface area contributed by atoms with Crippen molar-refractivity contribution in [3.05, 3.63) is 29.8 Å². The largest absolute Gasteiger partial charge is 0.493 e. The lowest BCUT2D eigenvalue weighted by Gasteiger charge is -2.15. The molecule has 8 heteroatoms. The molecule has 1 saturated heterocycles. The second kappa shape index (κ2) is 7.78. The van der Waals surface area contributed by atoms with Crippen LogP contribution in [-0.2, 0) is 9.59 Å². The maximum Gasteiger partial charge on any atom is 0.325 e. The van der Waals surface area contributed by atoms with E-state index in [0.717, 1.165) is 10.5 Å². The number of carbonyl (C=O) groups is 3. The summed E-state index contributed by atoms with van der Waals surface area (Å²) in [6.45, 7) is 5.65. The van der Waals surface area contributed by atoms with Crippen LogP contribution in [0.4, 0.5) is 4.79 Å². The minimum absolute atomic E-state index is 0.00494. The summed E-state index contributed by atoms with van der Waals surface area (Å²) in [5.41, 5.74) is 2.18. The SMILES string of the molecule is CCOc1ccccc1/C=N\NC(=O)CCN1C(=O)NC(C)(C)C1=O. The van der Waals surface area contributed by atoms with E-state index < -0.39 is 17.5 Å². The smallest absolute Gasteiger partial charge is 0.325 e. The number of para-hydroxylation sites is 1. The van der Waals surface area contributed by atoms with Crippen LogP contribution in [0.1, 0.15) is 32.8 Å². The van der Waals surface area contributed by atoms with E-state index >= 15 is 0 Å². The maximum absolute atomic E-state index is 12.0. The van der Waals surface area contributed by atoms with E-state index in [0.29, 0.717) is 12.4 Å². The van der Waals surface area contributed by atoms with Crippen LogP contribution < -0.4 is 15.5 Å². The molecule has 2 rings (SSSR count). The lowest BCUT2D eigenvalue weighted by molar-refractivity contribution is -0.130. The Morgan fingerprint density at radius 2 is 2.08 bits per heavy atom. The van der Waals surface area contributed by atoms with Gasteiger partial charge in [0.15, 0.2) is 0 Å². The van der Waals surface area contributed by atoms with Gasteiger partial charge in [-0.25, -0.2) is 10.2 Å². The predicted octanol–water partition coefficient (Wildman–Crippen LogP) is 1.26. The molecule has 0 radical (unpaired) electrons. The van der Waals surface area contributed by atoms with Crippen LogP contribution in [0, 0.1) is 0 Å². The Morgan fingerprint density at radius 1 is 1.36 bits per heavy atom. The number of ether oxygens (including phenoxy) is 1. The van der Waals surface area contributed by atoms with E-state index in [4.69, 9.17) is 4.74 Å². The first-order valence-corrected chi connectivity index (χ1v) is 8.03. The van der Waals surface area contributed by atoms with Gasteiger partial charge in [-0.2, -0.15) is 5.10 Å². The highest BCUT2D eigenvalue weighted by molar-refractivity contribution is 6.06. The number of hydrazone groups is 1. The summed E-state index contributed by atoms with van der Waals surface area (Å²) in [4.78, 5) is 36.6. The number of carbonyl (C=O) groups excluding carboxylic acids is 3. The highest BCUT2D eigenvalue weighted by Gasteiger charge is 2.43. The molecular weight excluding hydrogens is 324 g/mol. The molecule has 0 aliphatic carbocycles. The zero-order chi connectivity index (χ0) is 18.4. The topological polar surface area (TPSA) is 100 Å². The Labute approximate surface area is 146 Å². The Morgan fingerprint density at radius 3 is 2.72 bits per heavy atom. The Kier molecular flexibility index (Phi) is 5.74. The summed E-state index contributed by atoms with van der Waals surface area (Å²) in [6.07, 6.45) is 1.46. The van der Waals surface area contributed by atoms with Crippen LogP contribution in [0.3, 0.4) is 0 Å². The van der Waals surface area contributed by atoms with E-state index in [-0.39, 0.29) is 18.9 Å². The molecule has 0 aromatic heterocycles. The first-order valence-electron chi connectivity index (χ1n) is 8.03. The molecule has 0 unspecified atom stereocenters. The molecule has 1 fully saturated rings. The first-order chi connectivity index (χ1) is 11.8. The van der Waals surface area contributed by atoms with Crippen LogP contribution >= 0.6 is 0 Å². The van der Waals surface area contributed by atoms with Gasteiger partial charge in [0.25, 0.3) is 5.91 Å². The number of benzene rings is 1. The second-order valence-corrected chi connectivity index (χ2v) is 6.03. The van der Waals surface area contributed by atoms with Gasteiger partial charge in [-0.15, -0.1) is 0 Å². The van der Waals surface area contributed by atoms with Gasteiger partial charge in [0.05, 0.1) is 12.8 Å². The van der Waals surface area contributed by atoms with Crippen molar-refractivity contribution in [2.45, 2.75) is 32.7 Å². The molecule has 1 aliphatic rings. The van der Waals surface area contributed by atoms with Crippen molar-refractivity contribution in [2.24, 2.45) is 5.10 Å². The van der Waals surface area contributed by atoms with Crippen molar-refractivity contribution in [1.29, 1.82) is 0 Å². The maximum atomic E-state index is 12.0. The van der Waals surface area contributed by atoms with Crippen LogP contribution in [0.25, 0.3) is 0 Å². The van der Waals surface area contributed by atoms with E-state index in [1.54, 1.807) is 13.8 Å². The fourth-order valence-electron chi connectivity index (χ4n) is 2.34. The Hall–Kier alpha value is -2.90. The molecule has 8 nitrogen and oxygen atoms in total. The van der Waals surface area contributed by atoms with Crippen LogP contribution in [0.5, 0.6) is 5.75 Å². The number of urea groups is 1. The number of rotatable bonds is 7. The predicted molar refractivity (Wildman–Crippen MR) is 92.3 cm³/mol. The molecule has 4 amide bonds. The van der Waals surface area contributed by atoms with Crippen molar-refractivity contribution < 1.29 is 19.1 Å². The molecule has 0 atom stereocenters. The highest BCUT2D eigenvalue weighted by atomic mass is 16.5. The van der Waals surface area contributed by atoms with Crippen molar-refractivity contribution in [3.63, 3.8) is 0 Å². The molecule has 134 valence electrons. The summed E-state index contributed by atoms with van der Waals surface area (Å²) < 4.78 is 5.46. The molecular formula is C17H22N4O4. The van der Waals surface area contributed by atoms with E-state index in [1.165, 1.54) is 6.21 Å². The van der Waals surface area contributed by atoms with Gasteiger partial charge >= 0.3 is 6.03 Å². The van der Waals surface area contributed by atoms with Gasteiger partial charge in [0, 0.05) is 18.5 Å². The van der Waals surface area contributed by atoms with Gasteiger partial charge in [-0.05, 0) is 32.9 Å². The monoisotopic (exact) mass is 346 g/mol. The summed E-state index contributed by atoms with van der Waals surface area (Å²) in [5, 5.41) is 6.45. The van der Waals surface area contributed by atoms with Crippen molar-refractivity contribution >= 4 is 24.1 Å². The summed E-state index contributed by atoms with van der Waals surface area (Å²) >= 11 is 0. The highest BCUT2D eigenvalue weighted by Crippen LogP contribution is 2.17. The zero-order valence-corrected chi connectivity index (χ0v) is 14.5. The minimum Gasteiger partial charge on any atom is -0.493 e. The van der Waals surface area contributed by atoms with Crippen LogP contribution in [-0.4, -0.2) is 47.7 Å². The third kappa shape index (κ3) is 4.56. The Balaban J connectivity index is 1.85. The van der Waals surface area contributed by atoms with Gasteiger partial charge in [-0.3, -0.25) is 14.5 Å². The lowest BCUT2D eigenvalue weighted by Crippen LogP contribution is -2.40. The average molecular weight is 346 g/mol. The third-order valence-corrected chi connectivity index (χ3v) is 3.62.